The number of pyridine rings is 1. The van der Waals surface area contributed by atoms with Gasteiger partial charge < -0.3 is 5.11 Å². The topological polar surface area (TPSA) is 79.3 Å². The number of aromatic nitrogens is 1. The third-order valence-electron chi connectivity index (χ3n) is 10.2. The lowest BCUT2D eigenvalue weighted by molar-refractivity contribution is -0.0501. The van der Waals surface area contributed by atoms with Gasteiger partial charge in [0, 0.05) is 23.8 Å². The van der Waals surface area contributed by atoms with E-state index in [0.717, 1.165) is 57.8 Å². The molecule has 5 nitrogen and oxygen atoms in total. The quantitative estimate of drug-likeness (QED) is 0.567. The van der Waals surface area contributed by atoms with Gasteiger partial charge in [0.1, 0.15) is 0 Å². The van der Waals surface area contributed by atoms with Crippen LogP contribution in [0.5, 0.6) is 0 Å². The molecular formula is C29H38N2O3S. The lowest BCUT2D eigenvalue weighted by atomic mass is 9.57. The first-order valence-electron chi connectivity index (χ1n) is 13.4. The predicted molar refractivity (Wildman–Crippen MR) is 139 cm³/mol. The number of nitrogens with one attached hydrogen (secondary N) is 1. The van der Waals surface area contributed by atoms with E-state index in [0.29, 0.717) is 17.8 Å². The van der Waals surface area contributed by atoms with E-state index in [2.05, 4.69) is 47.0 Å². The Morgan fingerprint density at radius 1 is 1.06 bits per heavy atom. The zero-order valence-electron chi connectivity index (χ0n) is 20.9. The minimum atomic E-state index is -3.18. The van der Waals surface area contributed by atoms with Gasteiger partial charge in [-0.25, -0.2) is 13.1 Å². The Kier molecular flexibility index (Phi) is 5.66. The second-order valence-electron chi connectivity index (χ2n) is 12.2. The average molecular weight is 495 g/mol. The Balaban J connectivity index is 1.27. The van der Waals surface area contributed by atoms with E-state index in [4.69, 9.17) is 0 Å². The van der Waals surface area contributed by atoms with Crippen molar-refractivity contribution in [1.82, 2.24) is 9.71 Å². The largest absolute Gasteiger partial charge is 0.385 e. The van der Waals surface area contributed by atoms with Gasteiger partial charge in [-0.3, -0.25) is 4.98 Å². The van der Waals surface area contributed by atoms with Gasteiger partial charge >= 0.3 is 0 Å². The van der Waals surface area contributed by atoms with Gasteiger partial charge in [-0.15, -0.1) is 0 Å². The van der Waals surface area contributed by atoms with Gasteiger partial charge in [0.05, 0.1) is 11.9 Å². The summed E-state index contributed by atoms with van der Waals surface area (Å²) >= 11 is 0. The van der Waals surface area contributed by atoms with Crippen molar-refractivity contribution in [3.63, 3.8) is 0 Å². The fourth-order valence-electron chi connectivity index (χ4n) is 8.56. The highest BCUT2D eigenvalue weighted by atomic mass is 32.2. The van der Waals surface area contributed by atoms with Crippen molar-refractivity contribution in [2.75, 3.05) is 6.26 Å². The molecule has 35 heavy (non-hydrogen) atoms. The van der Waals surface area contributed by atoms with Crippen molar-refractivity contribution in [3.8, 4) is 0 Å². The fourth-order valence-corrected chi connectivity index (χ4v) is 9.38. The van der Waals surface area contributed by atoms with E-state index in [1.165, 1.54) is 28.2 Å². The zero-order chi connectivity index (χ0) is 24.4. The molecule has 2 N–H and O–H groups in total. The molecule has 1 aromatic heterocycles. The molecule has 0 aliphatic heterocycles. The molecule has 6 rings (SSSR count). The molecule has 0 bridgehead atoms. The van der Waals surface area contributed by atoms with Crippen molar-refractivity contribution in [1.29, 1.82) is 0 Å². The molecule has 4 aliphatic carbocycles. The third kappa shape index (κ3) is 4.06. The van der Waals surface area contributed by atoms with E-state index in [1.807, 2.05) is 12.4 Å². The van der Waals surface area contributed by atoms with Crippen molar-refractivity contribution in [2.45, 2.75) is 82.3 Å². The summed E-state index contributed by atoms with van der Waals surface area (Å²) in [4.78, 5) is 4.33. The van der Waals surface area contributed by atoms with Crippen LogP contribution < -0.4 is 4.72 Å². The minimum absolute atomic E-state index is 0.0403. The molecule has 7 atom stereocenters. The van der Waals surface area contributed by atoms with Gasteiger partial charge in [0.2, 0.25) is 10.0 Å². The van der Waals surface area contributed by atoms with Crippen LogP contribution in [0.3, 0.4) is 0 Å². The standard InChI is InChI=1S/C29H38N2O3S/c1-28-12-10-24-16-20-5-6-25(31-35(2,33)34)17-21(20)9-13-29(24,32)27(28)8-7-26(28)22-4-3-19-11-14-30-18-23(19)15-22/h3-4,10-11,14-15,18,20-21,25-27,31-32H,5-9,12-13,16-17H2,1-2H3/t20?,21?,25?,26?,27?,28?,29-/m1/s1. The maximum absolute atomic E-state index is 12.4. The van der Waals surface area contributed by atoms with E-state index < -0.39 is 15.6 Å². The van der Waals surface area contributed by atoms with Crippen LogP contribution in [0.25, 0.3) is 10.8 Å². The molecular weight excluding hydrogens is 456 g/mol. The first-order chi connectivity index (χ1) is 16.7. The Morgan fingerprint density at radius 2 is 1.91 bits per heavy atom. The summed E-state index contributed by atoms with van der Waals surface area (Å²) in [5, 5.41) is 14.8. The van der Waals surface area contributed by atoms with Crippen LogP contribution in [0, 0.1) is 23.2 Å². The molecule has 1 heterocycles. The highest BCUT2D eigenvalue weighted by molar-refractivity contribution is 7.88. The van der Waals surface area contributed by atoms with E-state index in [-0.39, 0.29) is 17.4 Å². The van der Waals surface area contributed by atoms with Crippen LogP contribution >= 0.6 is 0 Å². The number of allylic oxidation sites excluding steroid dienone is 1. The van der Waals surface area contributed by atoms with E-state index in [9.17, 15) is 13.5 Å². The molecule has 0 amide bonds. The molecule has 4 aliphatic rings. The molecule has 0 saturated heterocycles. The zero-order valence-corrected chi connectivity index (χ0v) is 21.7. The van der Waals surface area contributed by atoms with Crippen molar-refractivity contribution in [3.05, 3.63) is 53.9 Å². The van der Waals surface area contributed by atoms with Crippen LogP contribution in [-0.4, -0.2) is 36.4 Å². The number of benzene rings is 1. The molecule has 6 heteroatoms. The van der Waals surface area contributed by atoms with Crippen LogP contribution in [0.2, 0.25) is 0 Å². The maximum Gasteiger partial charge on any atom is 0.208 e. The Morgan fingerprint density at radius 3 is 2.74 bits per heavy atom. The first-order valence-corrected chi connectivity index (χ1v) is 15.3. The summed E-state index contributed by atoms with van der Waals surface area (Å²) in [5.74, 6) is 1.75. The number of sulfonamides is 1. The summed E-state index contributed by atoms with van der Waals surface area (Å²) in [7, 11) is -3.18. The predicted octanol–water partition coefficient (Wildman–Crippen LogP) is 5.31. The van der Waals surface area contributed by atoms with Gasteiger partial charge in [-0.05, 0) is 116 Å². The summed E-state index contributed by atoms with van der Waals surface area (Å²) < 4.78 is 26.5. The second kappa shape index (κ2) is 8.39. The van der Waals surface area contributed by atoms with E-state index in [1.54, 1.807) is 0 Å². The Hall–Kier alpha value is -1.76. The normalized spacial score (nSPS) is 39.3. The molecule has 0 radical (unpaired) electrons. The highest BCUT2D eigenvalue weighted by Gasteiger charge is 2.59. The first kappa shape index (κ1) is 23.6. The average Bonchev–Trinajstić information content (AvgIpc) is 3.10. The highest BCUT2D eigenvalue weighted by Crippen LogP contribution is 2.64. The minimum Gasteiger partial charge on any atom is -0.385 e. The number of rotatable bonds is 3. The van der Waals surface area contributed by atoms with Crippen molar-refractivity contribution in [2.24, 2.45) is 23.2 Å². The van der Waals surface area contributed by atoms with Gasteiger partial charge in [0.15, 0.2) is 0 Å². The summed E-state index contributed by atoms with van der Waals surface area (Å²) in [6.07, 6.45) is 16.3. The van der Waals surface area contributed by atoms with Gasteiger partial charge in [0.25, 0.3) is 0 Å². The van der Waals surface area contributed by atoms with E-state index >= 15 is 0 Å². The molecule has 0 spiro atoms. The molecule has 2 aromatic rings. The monoisotopic (exact) mass is 494 g/mol. The van der Waals surface area contributed by atoms with Gasteiger partial charge in [-0.1, -0.05) is 25.1 Å². The van der Waals surface area contributed by atoms with Crippen LogP contribution in [0.15, 0.2) is 48.3 Å². The molecule has 1 aromatic carbocycles. The Bertz CT molecular complexity index is 1270. The third-order valence-corrected chi connectivity index (χ3v) is 11.0. The van der Waals surface area contributed by atoms with Crippen LogP contribution in [0.4, 0.5) is 0 Å². The molecule has 188 valence electrons. The van der Waals surface area contributed by atoms with Gasteiger partial charge in [-0.2, -0.15) is 0 Å². The molecule has 3 saturated carbocycles. The summed E-state index contributed by atoms with van der Waals surface area (Å²) in [6, 6.07) is 8.94. The Labute approximate surface area is 209 Å². The number of hydrogen-bond donors (Lipinski definition) is 2. The fraction of sp³-hybridized carbons (Fsp3) is 0.621. The van der Waals surface area contributed by atoms with Crippen LogP contribution in [0.1, 0.15) is 76.2 Å². The number of fused-ring (bicyclic) bond motifs is 5. The maximum atomic E-state index is 12.4. The lowest BCUT2D eigenvalue weighted by Gasteiger charge is -2.50. The number of aliphatic hydroxyl groups is 1. The second-order valence-corrected chi connectivity index (χ2v) is 14.0. The van der Waals surface area contributed by atoms with Crippen molar-refractivity contribution < 1.29 is 13.5 Å². The number of nitrogens with zero attached hydrogens (tertiary/aromatic N) is 1. The number of hydrogen-bond acceptors (Lipinski definition) is 4. The summed E-state index contributed by atoms with van der Waals surface area (Å²) in [5.41, 5.74) is 1.99. The van der Waals surface area contributed by atoms with Crippen LogP contribution in [-0.2, 0) is 10.0 Å². The summed E-state index contributed by atoms with van der Waals surface area (Å²) in [6.45, 7) is 2.41. The smallest absolute Gasteiger partial charge is 0.208 e. The molecule has 6 unspecified atom stereocenters. The lowest BCUT2D eigenvalue weighted by Crippen LogP contribution is -2.49. The molecule has 3 fully saturated rings. The van der Waals surface area contributed by atoms with Crippen molar-refractivity contribution >= 4 is 20.8 Å². The SMILES string of the molecule is CC12CC=C3CC4CCC(NS(C)(=O)=O)CC4CC[C@]3(O)C1CCC2c1ccc2ccncc2c1.